The average Bonchev–Trinajstić information content (AvgIpc) is 2.52. The van der Waals surface area contributed by atoms with E-state index in [1.807, 2.05) is 6.92 Å². The molecular weight excluding hydrogens is 182 g/mol. The first kappa shape index (κ1) is 8.54. The zero-order valence-corrected chi connectivity index (χ0v) is 7.62. The van der Waals surface area contributed by atoms with Gasteiger partial charge in [-0.3, -0.25) is 0 Å². The van der Waals surface area contributed by atoms with E-state index in [4.69, 9.17) is 5.73 Å². The maximum absolute atomic E-state index is 5.51. The molecule has 2 N–H and O–H groups in total. The van der Waals surface area contributed by atoms with Crippen molar-refractivity contribution in [2.75, 3.05) is 5.73 Å². The number of hydrogen-bond acceptors (Lipinski definition) is 6. The summed E-state index contributed by atoms with van der Waals surface area (Å²) in [7, 11) is 0. The van der Waals surface area contributed by atoms with Crippen LogP contribution in [0.2, 0.25) is 0 Å². The number of hydrogen-bond donors (Lipinski definition) is 1. The molecule has 0 saturated carbocycles. The summed E-state index contributed by atoms with van der Waals surface area (Å²) in [5, 5.41) is 10.7. The molecule has 7 nitrogen and oxygen atoms in total. The highest BCUT2D eigenvalue weighted by molar-refractivity contribution is 5.13. The van der Waals surface area contributed by atoms with Gasteiger partial charge in [0.1, 0.15) is 5.82 Å². The molecule has 2 aromatic rings. The van der Waals surface area contributed by atoms with Crippen molar-refractivity contribution in [1.82, 2.24) is 30.2 Å². The Bertz CT molecular complexity index is 435. The summed E-state index contributed by atoms with van der Waals surface area (Å²) in [6, 6.07) is 1.80. The fourth-order valence-electron chi connectivity index (χ4n) is 1.07. The molecule has 0 spiro atoms. The van der Waals surface area contributed by atoms with E-state index >= 15 is 0 Å². The lowest BCUT2D eigenvalue weighted by atomic mass is 10.4. The molecule has 2 heterocycles. The number of aromatic nitrogens is 6. The molecule has 0 aliphatic heterocycles. The Morgan fingerprint density at radius 3 is 3.00 bits per heavy atom. The van der Waals surface area contributed by atoms with Crippen molar-refractivity contribution in [3.63, 3.8) is 0 Å². The molecule has 0 atom stereocenters. The molecule has 7 heteroatoms. The quantitative estimate of drug-likeness (QED) is 0.681. The van der Waals surface area contributed by atoms with Crippen LogP contribution in [0.15, 0.2) is 12.3 Å². The molecule has 0 unspecified atom stereocenters. The lowest BCUT2D eigenvalue weighted by Gasteiger charge is -2.00. The Hall–Kier alpha value is -2.05. The Morgan fingerprint density at radius 2 is 2.36 bits per heavy atom. The van der Waals surface area contributed by atoms with Gasteiger partial charge in [-0.15, -0.1) is 0 Å². The number of nitrogens with two attached hydrogens (primary N) is 1. The zero-order chi connectivity index (χ0) is 9.97. The van der Waals surface area contributed by atoms with Crippen LogP contribution < -0.4 is 5.73 Å². The van der Waals surface area contributed by atoms with Crippen molar-refractivity contribution in [1.29, 1.82) is 0 Å². The second-order valence-corrected chi connectivity index (χ2v) is 2.79. The van der Waals surface area contributed by atoms with Gasteiger partial charge >= 0.3 is 0 Å². The van der Waals surface area contributed by atoms with Crippen molar-refractivity contribution in [2.24, 2.45) is 0 Å². The predicted octanol–water partition coefficient (Wildman–Crippen LogP) is -0.598. The standard InChI is InChI=1S/C7H9N7/c1-5-9-3-2-6(10-5)4-14-7(8)11-12-13-14/h2-3H,4H2,1H3,(H2,8,11,13). The number of nitrogens with zero attached hydrogens (tertiary/aromatic N) is 6. The molecule has 72 valence electrons. The lowest BCUT2D eigenvalue weighted by Crippen LogP contribution is -2.08. The van der Waals surface area contributed by atoms with Crippen LogP contribution in [0, 0.1) is 6.92 Å². The van der Waals surface area contributed by atoms with Crippen molar-refractivity contribution in [3.8, 4) is 0 Å². The summed E-state index contributed by atoms with van der Waals surface area (Å²) in [5.74, 6) is 0.996. The summed E-state index contributed by atoms with van der Waals surface area (Å²) in [5.41, 5.74) is 6.34. The van der Waals surface area contributed by atoms with Gasteiger partial charge in [0.15, 0.2) is 0 Å². The van der Waals surface area contributed by atoms with E-state index in [0.29, 0.717) is 12.4 Å². The Morgan fingerprint density at radius 1 is 1.50 bits per heavy atom. The van der Waals surface area contributed by atoms with E-state index in [1.54, 1.807) is 12.3 Å². The van der Waals surface area contributed by atoms with Crippen LogP contribution in [0.3, 0.4) is 0 Å². The minimum absolute atomic E-state index is 0.279. The van der Waals surface area contributed by atoms with Gasteiger partial charge < -0.3 is 5.73 Å². The highest BCUT2D eigenvalue weighted by Gasteiger charge is 2.03. The molecule has 2 aromatic heterocycles. The molecule has 0 aromatic carbocycles. The van der Waals surface area contributed by atoms with Crippen LogP contribution >= 0.6 is 0 Å². The first-order valence-corrected chi connectivity index (χ1v) is 4.06. The third-order valence-electron chi connectivity index (χ3n) is 1.71. The van der Waals surface area contributed by atoms with Crippen LogP contribution in [-0.4, -0.2) is 30.2 Å². The second-order valence-electron chi connectivity index (χ2n) is 2.79. The number of tetrazole rings is 1. The van der Waals surface area contributed by atoms with Crippen LogP contribution in [0.25, 0.3) is 0 Å². The van der Waals surface area contributed by atoms with Gasteiger partial charge in [0.05, 0.1) is 12.2 Å². The van der Waals surface area contributed by atoms with Gasteiger partial charge in [-0.05, 0) is 23.4 Å². The summed E-state index contributed by atoms with van der Waals surface area (Å²) in [6.45, 7) is 2.29. The molecule has 0 amide bonds. The average molecular weight is 191 g/mol. The Balaban J connectivity index is 2.23. The van der Waals surface area contributed by atoms with Gasteiger partial charge in [0.2, 0.25) is 5.95 Å². The van der Waals surface area contributed by atoms with E-state index < -0.39 is 0 Å². The minimum atomic E-state index is 0.279. The van der Waals surface area contributed by atoms with Gasteiger partial charge in [0, 0.05) is 6.20 Å². The molecule has 0 saturated heterocycles. The molecule has 0 aliphatic carbocycles. The Labute approximate surface area is 80.0 Å². The van der Waals surface area contributed by atoms with Crippen molar-refractivity contribution in [3.05, 3.63) is 23.8 Å². The third kappa shape index (κ3) is 1.65. The topological polar surface area (TPSA) is 95.4 Å². The highest BCUT2D eigenvalue weighted by Crippen LogP contribution is 2.00. The van der Waals surface area contributed by atoms with E-state index in [0.717, 1.165) is 5.69 Å². The first-order chi connectivity index (χ1) is 6.75. The summed E-state index contributed by atoms with van der Waals surface area (Å²) < 4.78 is 1.47. The van der Waals surface area contributed by atoms with E-state index in [1.165, 1.54) is 4.68 Å². The maximum atomic E-state index is 5.51. The van der Waals surface area contributed by atoms with Crippen LogP contribution in [0.5, 0.6) is 0 Å². The fraction of sp³-hybridized carbons (Fsp3) is 0.286. The number of aryl methyl sites for hydroxylation is 1. The smallest absolute Gasteiger partial charge is 0.240 e. The summed E-state index contributed by atoms with van der Waals surface area (Å²) >= 11 is 0. The van der Waals surface area contributed by atoms with Crippen molar-refractivity contribution < 1.29 is 0 Å². The highest BCUT2D eigenvalue weighted by atomic mass is 15.6. The molecule has 14 heavy (non-hydrogen) atoms. The molecule has 0 bridgehead atoms. The second kappa shape index (κ2) is 3.36. The van der Waals surface area contributed by atoms with Crippen molar-refractivity contribution >= 4 is 5.95 Å². The van der Waals surface area contributed by atoms with Crippen LogP contribution in [0.4, 0.5) is 5.95 Å². The van der Waals surface area contributed by atoms with Gasteiger partial charge in [0.25, 0.3) is 0 Å². The monoisotopic (exact) mass is 191 g/mol. The number of anilines is 1. The van der Waals surface area contributed by atoms with Gasteiger partial charge in [-0.1, -0.05) is 5.10 Å². The van der Waals surface area contributed by atoms with Crippen molar-refractivity contribution in [2.45, 2.75) is 13.5 Å². The normalized spacial score (nSPS) is 10.4. The molecule has 0 radical (unpaired) electrons. The summed E-state index contributed by atoms with van der Waals surface area (Å²) in [6.07, 6.45) is 1.69. The van der Waals surface area contributed by atoms with Crippen LogP contribution in [-0.2, 0) is 6.54 Å². The maximum Gasteiger partial charge on any atom is 0.240 e. The SMILES string of the molecule is Cc1nccc(Cn2nnnc2N)n1. The van der Waals surface area contributed by atoms with E-state index in [9.17, 15) is 0 Å². The zero-order valence-electron chi connectivity index (χ0n) is 7.62. The molecular formula is C7H9N7. The minimum Gasteiger partial charge on any atom is -0.367 e. The lowest BCUT2D eigenvalue weighted by molar-refractivity contribution is 0.641. The molecule has 0 fully saturated rings. The predicted molar refractivity (Wildman–Crippen MR) is 48.1 cm³/mol. The number of rotatable bonds is 2. The van der Waals surface area contributed by atoms with E-state index in [-0.39, 0.29) is 5.95 Å². The molecule has 0 aliphatic rings. The fourth-order valence-corrected chi connectivity index (χ4v) is 1.07. The first-order valence-electron chi connectivity index (χ1n) is 4.06. The van der Waals surface area contributed by atoms with Gasteiger partial charge in [-0.2, -0.15) is 0 Å². The molecule has 2 rings (SSSR count). The summed E-state index contributed by atoms with van der Waals surface area (Å²) in [4.78, 5) is 8.19. The van der Waals surface area contributed by atoms with Crippen LogP contribution in [0.1, 0.15) is 11.5 Å². The third-order valence-corrected chi connectivity index (χ3v) is 1.71. The number of nitrogen functional groups attached to an aromatic ring is 1. The Kier molecular flexibility index (Phi) is 2.05. The van der Waals surface area contributed by atoms with E-state index in [2.05, 4.69) is 25.5 Å². The van der Waals surface area contributed by atoms with Gasteiger partial charge in [-0.25, -0.2) is 14.6 Å². The largest absolute Gasteiger partial charge is 0.367 e.